The second-order valence-electron chi connectivity index (χ2n) is 5.79. The molecule has 0 saturated carbocycles. The highest BCUT2D eigenvalue weighted by Crippen LogP contribution is 2.24. The maximum atomic E-state index is 3.81. The van der Waals surface area contributed by atoms with E-state index in [1.165, 1.54) is 57.9 Å². The lowest BCUT2D eigenvalue weighted by Gasteiger charge is -2.30. The van der Waals surface area contributed by atoms with Gasteiger partial charge in [0.05, 0.1) is 0 Å². The first-order valence-electron chi connectivity index (χ1n) is 8.46. The highest BCUT2D eigenvalue weighted by Gasteiger charge is 2.21. The van der Waals surface area contributed by atoms with E-state index in [9.17, 15) is 0 Å². The lowest BCUT2D eigenvalue weighted by molar-refractivity contribution is 0.264. The number of hydrogen-bond donors (Lipinski definition) is 1. The van der Waals surface area contributed by atoms with Crippen LogP contribution in [-0.4, -0.2) is 12.6 Å². The molecule has 0 fully saturated rings. The zero-order valence-electron chi connectivity index (χ0n) is 13.6. The van der Waals surface area contributed by atoms with Crippen molar-refractivity contribution in [2.75, 3.05) is 6.54 Å². The van der Waals surface area contributed by atoms with E-state index < -0.39 is 0 Å². The molecular weight excluding hydrogens is 218 g/mol. The molecule has 0 bridgehead atoms. The molecule has 0 heterocycles. The van der Waals surface area contributed by atoms with Crippen molar-refractivity contribution in [1.29, 1.82) is 0 Å². The zero-order valence-corrected chi connectivity index (χ0v) is 13.6. The molecule has 0 radical (unpaired) electrons. The topological polar surface area (TPSA) is 12.0 Å². The summed E-state index contributed by atoms with van der Waals surface area (Å²) in [6.45, 7) is 12.8. The summed E-state index contributed by atoms with van der Waals surface area (Å²) in [7, 11) is 0. The Hall–Kier alpha value is -0.0400. The minimum atomic E-state index is 0.752. The first-order chi connectivity index (χ1) is 8.73. The minimum absolute atomic E-state index is 0.752. The fourth-order valence-electron chi connectivity index (χ4n) is 2.97. The van der Waals surface area contributed by atoms with Gasteiger partial charge in [-0.05, 0) is 31.2 Å². The van der Waals surface area contributed by atoms with Gasteiger partial charge in [-0.15, -0.1) is 0 Å². The van der Waals surface area contributed by atoms with E-state index in [2.05, 4.69) is 39.9 Å². The quantitative estimate of drug-likeness (QED) is 0.492. The van der Waals surface area contributed by atoms with Crippen LogP contribution in [-0.2, 0) is 0 Å². The van der Waals surface area contributed by atoms with Crippen LogP contribution in [0.3, 0.4) is 0 Å². The predicted molar refractivity (Wildman–Crippen MR) is 84.1 cm³/mol. The Morgan fingerprint density at radius 3 is 1.94 bits per heavy atom. The van der Waals surface area contributed by atoms with Crippen LogP contribution in [0.2, 0.25) is 0 Å². The van der Waals surface area contributed by atoms with E-state index in [4.69, 9.17) is 0 Å². The summed E-state index contributed by atoms with van der Waals surface area (Å²) in [5, 5.41) is 3.81. The molecule has 1 nitrogen and oxygen atoms in total. The summed E-state index contributed by atoms with van der Waals surface area (Å²) in [4.78, 5) is 0. The number of unbranched alkanes of at least 4 members (excludes halogenated alkanes) is 1. The number of rotatable bonds is 12. The smallest absolute Gasteiger partial charge is 0.00977 e. The van der Waals surface area contributed by atoms with Gasteiger partial charge >= 0.3 is 0 Å². The van der Waals surface area contributed by atoms with E-state index in [1.54, 1.807) is 0 Å². The van der Waals surface area contributed by atoms with E-state index in [1.807, 2.05) is 0 Å². The zero-order chi connectivity index (χ0) is 13.8. The summed E-state index contributed by atoms with van der Waals surface area (Å²) >= 11 is 0. The molecule has 110 valence electrons. The summed E-state index contributed by atoms with van der Waals surface area (Å²) in [6.07, 6.45) is 10.8. The van der Waals surface area contributed by atoms with E-state index in [-0.39, 0.29) is 0 Å². The molecular formula is C17H37N. The average Bonchev–Trinajstić information content (AvgIpc) is 2.41. The van der Waals surface area contributed by atoms with Gasteiger partial charge in [-0.25, -0.2) is 0 Å². The Morgan fingerprint density at radius 1 is 0.833 bits per heavy atom. The van der Waals surface area contributed by atoms with Crippen molar-refractivity contribution < 1.29 is 0 Å². The highest BCUT2D eigenvalue weighted by atomic mass is 14.9. The fourth-order valence-corrected chi connectivity index (χ4v) is 2.97. The monoisotopic (exact) mass is 255 g/mol. The molecule has 0 saturated heterocycles. The van der Waals surface area contributed by atoms with Crippen LogP contribution >= 0.6 is 0 Å². The van der Waals surface area contributed by atoms with Gasteiger partial charge in [0, 0.05) is 6.04 Å². The molecule has 18 heavy (non-hydrogen) atoms. The SMILES string of the molecule is CCCCC(CC)CC(NCCC)C(CC)CC. The number of nitrogens with one attached hydrogen (secondary N) is 1. The summed E-state index contributed by atoms with van der Waals surface area (Å²) in [6, 6.07) is 0.752. The molecule has 1 heteroatoms. The van der Waals surface area contributed by atoms with Gasteiger partial charge in [-0.2, -0.15) is 0 Å². The highest BCUT2D eigenvalue weighted by molar-refractivity contribution is 4.78. The molecule has 1 N–H and O–H groups in total. The second kappa shape index (κ2) is 12.0. The van der Waals surface area contributed by atoms with Crippen molar-refractivity contribution in [3.05, 3.63) is 0 Å². The van der Waals surface area contributed by atoms with E-state index >= 15 is 0 Å². The van der Waals surface area contributed by atoms with Crippen molar-refractivity contribution in [2.24, 2.45) is 11.8 Å². The average molecular weight is 255 g/mol. The first kappa shape index (κ1) is 18.0. The lowest BCUT2D eigenvalue weighted by atomic mass is 9.84. The fraction of sp³-hybridized carbons (Fsp3) is 1.00. The van der Waals surface area contributed by atoms with Crippen LogP contribution in [0, 0.1) is 11.8 Å². The summed E-state index contributed by atoms with van der Waals surface area (Å²) < 4.78 is 0. The second-order valence-corrected chi connectivity index (χ2v) is 5.79. The lowest BCUT2D eigenvalue weighted by Crippen LogP contribution is -2.38. The molecule has 0 spiro atoms. The number of hydrogen-bond acceptors (Lipinski definition) is 1. The van der Waals surface area contributed by atoms with Crippen LogP contribution in [0.4, 0.5) is 0 Å². The maximum Gasteiger partial charge on any atom is 0.00977 e. The Bertz CT molecular complexity index is 163. The molecule has 0 aromatic heterocycles. The third kappa shape index (κ3) is 7.41. The van der Waals surface area contributed by atoms with Gasteiger partial charge in [0.25, 0.3) is 0 Å². The van der Waals surface area contributed by atoms with Crippen molar-refractivity contribution >= 4 is 0 Å². The Morgan fingerprint density at radius 2 is 1.50 bits per heavy atom. The van der Waals surface area contributed by atoms with Crippen LogP contribution in [0.1, 0.15) is 86.0 Å². The van der Waals surface area contributed by atoms with Gasteiger partial charge in [0.1, 0.15) is 0 Å². The maximum absolute atomic E-state index is 3.81. The Labute approximate surface area is 116 Å². The molecule has 0 aromatic carbocycles. The van der Waals surface area contributed by atoms with Gasteiger partial charge in [0.15, 0.2) is 0 Å². The van der Waals surface area contributed by atoms with Gasteiger partial charge < -0.3 is 5.32 Å². The van der Waals surface area contributed by atoms with Crippen molar-refractivity contribution in [1.82, 2.24) is 5.32 Å². The first-order valence-corrected chi connectivity index (χ1v) is 8.46. The van der Waals surface area contributed by atoms with Crippen molar-refractivity contribution in [2.45, 2.75) is 92.0 Å². The van der Waals surface area contributed by atoms with E-state index in [0.29, 0.717) is 0 Å². The van der Waals surface area contributed by atoms with E-state index in [0.717, 1.165) is 17.9 Å². The predicted octanol–water partition coefficient (Wildman–Crippen LogP) is 5.40. The molecule has 0 aromatic rings. The van der Waals surface area contributed by atoms with Gasteiger partial charge in [-0.1, -0.05) is 73.1 Å². The largest absolute Gasteiger partial charge is 0.314 e. The molecule has 2 atom stereocenters. The molecule has 0 amide bonds. The standard InChI is InChI=1S/C17H37N/c1-6-11-12-15(8-3)14-17(18-13-7-2)16(9-4)10-5/h15-18H,6-14H2,1-5H3. The van der Waals surface area contributed by atoms with Gasteiger partial charge in [-0.3, -0.25) is 0 Å². The Balaban J connectivity index is 4.33. The van der Waals surface area contributed by atoms with Crippen LogP contribution in [0.5, 0.6) is 0 Å². The molecule has 0 rings (SSSR count). The van der Waals surface area contributed by atoms with Crippen LogP contribution in [0.25, 0.3) is 0 Å². The molecule has 0 aliphatic rings. The molecule has 2 unspecified atom stereocenters. The molecule has 0 aliphatic heterocycles. The van der Waals surface area contributed by atoms with Crippen molar-refractivity contribution in [3.8, 4) is 0 Å². The van der Waals surface area contributed by atoms with Crippen LogP contribution in [0.15, 0.2) is 0 Å². The van der Waals surface area contributed by atoms with Crippen LogP contribution < -0.4 is 5.32 Å². The minimum Gasteiger partial charge on any atom is -0.314 e. The third-order valence-corrected chi connectivity index (χ3v) is 4.40. The Kier molecular flexibility index (Phi) is 12.0. The molecule has 0 aliphatic carbocycles. The summed E-state index contributed by atoms with van der Waals surface area (Å²) in [5.41, 5.74) is 0. The van der Waals surface area contributed by atoms with Crippen molar-refractivity contribution in [3.63, 3.8) is 0 Å². The normalized spacial score (nSPS) is 15.0. The summed E-state index contributed by atoms with van der Waals surface area (Å²) in [5.74, 6) is 1.80. The third-order valence-electron chi connectivity index (χ3n) is 4.40. The van der Waals surface area contributed by atoms with Gasteiger partial charge in [0.2, 0.25) is 0 Å².